The first-order valence-corrected chi connectivity index (χ1v) is 2.93. The van der Waals surface area contributed by atoms with Gasteiger partial charge in [-0.25, -0.2) is 4.98 Å². The van der Waals surface area contributed by atoms with Gasteiger partial charge in [0.25, 0.3) is 0 Å². The molecule has 0 amide bonds. The molecule has 1 rings (SSSR count). The van der Waals surface area contributed by atoms with Gasteiger partial charge in [-0.3, -0.25) is 0 Å². The molecule has 0 fully saturated rings. The zero-order valence-corrected chi connectivity index (χ0v) is 8.60. The topological polar surface area (TPSA) is 33.1 Å². The van der Waals surface area contributed by atoms with E-state index in [0.29, 0.717) is 17.1 Å². The van der Waals surface area contributed by atoms with Crippen molar-refractivity contribution in [3.63, 3.8) is 0 Å². The van der Waals surface area contributed by atoms with Gasteiger partial charge in [-0.15, -0.1) is 0 Å². The molecule has 0 saturated carbocycles. The maximum atomic E-state index is 8.39. The van der Waals surface area contributed by atoms with Crippen molar-refractivity contribution >= 4 is 12.0 Å². The van der Waals surface area contributed by atoms with Crippen molar-refractivity contribution < 1.29 is 24.0 Å². The summed E-state index contributed by atoms with van der Waals surface area (Å²) in [7, 11) is 0. The van der Waals surface area contributed by atoms with E-state index >= 15 is 0 Å². The standard InChI is InChI=1S/C5H5NOS.Zn/c7-8-5-3-1-2-4-6-5;/h1-4,7H;. The molecule has 0 atom stereocenters. The van der Waals surface area contributed by atoms with Crippen molar-refractivity contribution in [2.75, 3.05) is 0 Å². The molecule has 0 aromatic carbocycles. The second-order valence-electron chi connectivity index (χ2n) is 1.26. The van der Waals surface area contributed by atoms with Crippen LogP contribution in [0.1, 0.15) is 0 Å². The molecular formula is C5H5NOSZn. The minimum absolute atomic E-state index is 0. The molecule has 9 heavy (non-hydrogen) atoms. The third kappa shape index (κ3) is 2.94. The summed E-state index contributed by atoms with van der Waals surface area (Å²) in [5.41, 5.74) is 0. The molecule has 4 heteroatoms. The van der Waals surface area contributed by atoms with E-state index in [9.17, 15) is 0 Å². The van der Waals surface area contributed by atoms with Gasteiger partial charge in [0.15, 0.2) is 0 Å². The molecule has 1 aromatic rings. The summed E-state index contributed by atoms with van der Waals surface area (Å²) in [6.45, 7) is 0. The van der Waals surface area contributed by atoms with Crippen LogP contribution < -0.4 is 0 Å². The Kier molecular flexibility index (Phi) is 4.96. The summed E-state index contributed by atoms with van der Waals surface area (Å²) in [6.07, 6.45) is 1.64. The summed E-state index contributed by atoms with van der Waals surface area (Å²) < 4.78 is 8.39. The van der Waals surface area contributed by atoms with Crippen molar-refractivity contribution in [1.82, 2.24) is 4.98 Å². The van der Waals surface area contributed by atoms with Crippen LogP contribution in [0.25, 0.3) is 0 Å². The van der Waals surface area contributed by atoms with Crippen LogP contribution >= 0.6 is 12.0 Å². The molecule has 1 N–H and O–H groups in total. The van der Waals surface area contributed by atoms with Gasteiger partial charge in [-0.2, -0.15) is 0 Å². The predicted molar refractivity (Wildman–Crippen MR) is 32.7 cm³/mol. The molecule has 0 aliphatic carbocycles. The number of hydrogen-bond donors (Lipinski definition) is 1. The number of hydrogen-bond acceptors (Lipinski definition) is 3. The Labute approximate surface area is 70.7 Å². The fraction of sp³-hybridized carbons (Fsp3) is 0. The molecule has 0 aliphatic rings. The maximum absolute atomic E-state index is 8.39. The maximum Gasteiger partial charge on any atom is 0.123 e. The van der Waals surface area contributed by atoms with E-state index in [2.05, 4.69) is 4.98 Å². The Morgan fingerprint density at radius 3 is 2.56 bits per heavy atom. The van der Waals surface area contributed by atoms with Crippen LogP contribution in [-0.4, -0.2) is 9.54 Å². The summed E-state index contributed by atoms with van der Waals surface area (Å²) in [6, 6.07) is 5.37. The SMILES string of the molecule is OSc1ccccn1.[Zn]. The second kappa shape index (κ2) is 4.92. The Morgan fingerprint density at radius 1 is 1.44 bits per heavy atom. The Balaban J connectivity index is 0.000000640. The Bertz CT molecular complexity index is 158. The molecule has 0 saturated heterocycles. The fourth-order valence-electron chi connectivity index (χ4n) is 0.401. The van der Waals surface area contributed by atoms with Crippen molar-refractivity contribution in [1.29, 1.82) is 0 Å². The first-order valence-electron chi connectivity index (χ1n) is 2.16. The summed E-state index contributed by atoms with van der Waals surface area (Å²) in [5, 5.41) is 0.632. The third-order valence-electron chi connectivity index (χ3n) is 0.731. The zero-order valence-electron chi connectivity index (χ0n) is 4.82. The van der Waals surface area contributed by atoms with E-state index in [0.717, 1.165) is 0 Å². The van der Waals surface area contributed by atoms with E-state index in [1.807, 2.05) is 6.07 Å². The van der Waals surface area contributed by atoms with Gasteiger partial charge in [0, 0.05) is 37.7 Å². The zero-order chi connectivity index (χ0) is 5.82. The molecule has 0 unspecified atom stereocenters. The summed E-state index contributed by atoms with van der Waals surface area (Å²) in [4.78, 5) is 3.81. The molecule has 44 valence electrons. The van der Waals surface area contributed by atoms with E-state index in [4.69, 9.17) is 4.55 Å². The van der Waals surface area contributed by atoms with E-state index in [-0.39, 0.29) is 19.5 Å². The summed E-state index contributed by atoms with van der Waals surface area (Å²) in [5.74, 6) is 0. The van der Waals surface area contributed by atoms with Gasteiger partial charge in [0.05, 0.1) is 0 Å². The average molecular weight is 193 g/mol. The van der Waals surface area contributed by atoms with Crippen LogP contribution in [-0.2, 0) is 19.5 Å². The second-order valence-corrected chi connectivity index (χ2v) is 1.86. The van der Waals surface area contributed by atoms with Crippen LogP contribution in [0.4, 0.5) is 0 Å². The smallest absolute Gasteiger partial charge is 0.123 e. The van der Waals surface area contributed by atoms with Gasteiger partial charge in [-0.05, 0) is 12.1 Å². The minimum atomic E-state index is 0. The number of aromatic nitrogens is 1. The average Bonchev–Trinajstić information content (AvgIpc) is 1.90. The predicted octanol–water partition coefficient (Wildman–Crippen LogP) is 1.64. The Hall–Kier alpha value is 0.0834. The van der Waals surface area contributed by atoms with Crippen LogP contribution in [0.2, 0.25) is 0 Å². The molecule has 0 bridgehead atoms. The van der Waals surface area contributed by atoms with E-state index < -0.39 is 0 Å². The van der Waals surface area contributed by atoms with Gasteiger partial charge < -0.3 is 4.55 Å². The van der Waals surface area contributed by atoms with Crippen molar-refractivity contribution in [2.24, 2.45) is 0 Å². The van der Waals surface area contributed by atoms with Gasteiger partial charge in [-0.1, -0.05) is 6.07 Å². The van der Waals surface area contributed by atoms with Crippen molar-refractivity contribution in [2.45, 2.75) is 5.03 Å². The molecule has 0 aliphatic heterocycles. The third-order valence-corrected chi connectivity index (χ3v) is 1.16. The molecule has 0 spiro atoms. The van der Waals surface area contributed by atoms with Gasteiger partial charge in [0.2, 0.25) is 0 Å². The number of rotatable bonds is 1. The van der Waals surface area contributed by atoms with E-state index in [1.54, 1.807) is 18.3 Å². The minimum Gasteiger partial charge on any atom is -0.324 e. The first kappa shape index (κ1) is 9.08. The molecule has 1 aromatic heterocycles. The van der Waals surface area contributed by atoms with Crippen LogP contribution in [0.3, 0.4) is 0 Å². The molecular weight excluding hydrogens is 188 g/mol. The van der Waals surface area contributed by atoms with Crippen LogP contribution in [0.5, 0.6) is 0 Å². The van der Waals surface area contributed by atoms with Gasteiger partial charge in [0.1, 0.15) is 5.03 Å². The van der Waals surface area contributed by atoms with Crippen LogP contribution in [0.15, 0.2) is 29.4 Å². The fourth-order valence-corrected chi connectivity index (χ4v) is 0.649. The normalized spacial score (nSPS) is 8.11. The van der Waals surface area contributed by atoms with Crippen molar-refractivity contribution in [3.8, 4) is 0 Å². The number of nitrogens with zero attached hydrogens (tertiary/aromatic N) is 1. The quantitative estimate of drug-likeness (QED) is 0.543. The van der Waals surface area contributed by atoms with Gasteiger partial charge >= 0.3 is 0 Å². The summed E-state index contributed by atoms with van der Waals surface area (Å²) >= 11 is 0.658. The monoisotopic (exact) mass is 191 g/mol. The van der Waals surface area contributed by atoms with Crippen molar-refractivity contribution in [3.05, 3.63) is 24.4 Å². The molecule has 2 nitrogen and oxygen atoms in total. The molecule has 1 heterocycles. The first-order chi connectivity index (χ1) is 3.93. The number of pyridine rings is 1. The van der Waals surface area contributed by atoms with Crippen LogP contribution in [0, 0.1) is 0 Å². The Morgan fingerprint density at radius 2 is 2.22 bits per heavy atom. The largest absolute Gasteiger partial charge is 0.324 e. The molecule has 0 radical (unpaired) electrons. The van der Waals surface area contributed by atoms with E-state index in [1.165, 1.54) is 0 Å².